The largest absolute Gasteiger partial charge is 0.304 e. The standard InChI is InChI=1S/C17H25N3/c1-11-8-7-9-16(10-11)12(2)18-13(3)17-14(4)19-20(6)15(17)5/h7-10,12-13,18H,1-6H3/t12-,13?/m0/s1. The second kappa shape index (κ2) is 5.80. The van der Waals surface area contributed by atoms with Gasteiger partial charge in [-0.3, -0.25) is 4.68 Å². The molecule has 0 aliphatic rings. The van der Waals surface area contributed by atoms with Crippen molar-refractivity contribution in [2.75, 3.05) is 0 Å². The van der Waals surface area contributed by atoms with Crippen LogP contribution in [-0.4, -0.2) is 9.78 Å². The maximum Gasteiger partial charge on any atom is 0.0644 e. The molecule has 1 heterocycles. The van der Waals surface area contributed by atoms with Gasteiger partial charge in [0.05, 0.1) is 5.69 Å². The fraction of sp³-hybridized carbons (Fsp3) is 0.471. The Kier molecular flexibility index (Phi) is 4.29. The molecule has 0 saturated carbocycles. The van der Waals surface area contributed by atoms with E-state index >= 15 is 0 Å². The molecule has 1 aromatic heterocycles. The van der Waals surface area contributed by atoms with E-state index in [-0.39, 0.29) is 0 Å². The summed E-state index contributed by atoms with van der Waals surface area (Å²) in [4.78, 5) is 0. The van der Waals surface area contributed by atoms with Gasteiger partial charge in [-0.1, -0.05) is 29.8 Å². The summed E-state index contributed by atoms with van der Waals surface area (Å²) in [7, 11) is 2.00. The number of aryl methyl sites for hydroxylation is 3. The second-order valence-corrected chi connectivity index (χ2v) is 5.73. The molecule has 0 aliphatic heterocycles. The summed E-state index contributed by atoms with van der Waals surface area (Å²) in [6.07, 6.45) is 0. The molecule has 20 heavy (non-hydrogen) atoms. The van der Waals surface area contributed by atoms with E-state index in [9.17, 15) is 0 Å². The molecule has 108 valence electrons. The fourth-order valence-electron chi connectivity index (χ4n) is 2.91. The first-order valence-corrected chi connectivity index (χ1v) is 7.23. The zero-order chi connectivity index (χ0) is 14.9. The number of nitrogens with zero attached hydrogens (tertiary/aromatic N) is 2. The van der Waals surface area contributed by atoms with Crippen LogP contribution in [-0.2, 0) is 7.05 Å². The summed E-state index contributed by atoms with van der Waals surface area (Å²) in [6.45, 7) is 10.8. The third-order valence-electron chi connectivity index (χ3n) is 4.04. The summed E-state index contributed by atoms with van der Waals surface area (Å²) in [5, 5.41) is 8.18. The molecule has 2 rings (SSSR count). The van der Waals surface area contributed by atoms with E-state index < -0.39 is 0 Å². The van der Waals surface area contributed by atoms with Gasteiger partial charge in [0.1, 0.15) is 0 Å². The van der Waals surface area contributed by atoms with Gasteiger partial charge in [0.25, 0.3) is 0 Å². The van der Waals surface area contributed by atoms with Crippen LogP contribution in [0.2, 0.25) is 0 Å². The first-order valence-electron chi connectivity index (χ1n) is 7.23. The van der Waals surface area contributed by atoms with Gasteiger partial charge >= 0.3 is 0 Å². The van der Waals surface area contributed by atoms with Crippen LogP contribution >= 0.6 is 0 Å². The molecule has 1 aromatic carbocycles. The molecule has 1 unspecified atom stereocenters. The number of rotatable bonds is 4. The number of benzene rings is 1. The van der Waals surface area contributed by atoms with Crippen LogP contribution in [0.5, 0.6) is 0 Å². The van der Waals surface area contributed by atoms with Crippen molar-refractivity contribution < 1.29 is 0 Å². The maximum atomic E-state index is 4.50. The Morgan fingerprint density at radius 1 is 1.10 bits per heavy atom. The van der Waals surface area contributed by atoms with E-state index in [4.69, 9.17) is 0 Å². The average molecular weight is 271 g/mol. The molecule has 0 aliphatic carbocycles. The lowest BCUT2D eigenvalue weighted by molar-refractivity contribution is 0.491. The van der Waals surface area contributed by atoms with E-state index in [0.717, 1.165) is 5.69 Å². The number of hydrogen-bond acceptors (Lipinski definition) is 2. The average Bonchev–Trinajstić information content (AvgIpc) is 2.63. The summed E-state index contributed by atoms with van der Waals surface area (Å²) >= 11 is 0. The third-order valence-corrected chi connectivity index (χ3v) is 4.04. The van der Waals surface area contributed by atoms with Gasteiger partial charge in [-0.05, 0) is 40.2 Å². The molecule has 0 saturated heterocycles. The monoisotopic (exact) mass is 271 g/mol. The summed E-state index contributed by atoms with van der Waals surface area (Å²) in [5.41, 5.74) is 6.29. The molecule has 2 atom stereocenters. The van der Waals surface area contributed by atoms with E-state index in [1.807, 2.05) is 11.7 Å². The Balaban J connectivity index is 2.17. The highest BCUT2D eigenvalue weighted by Gasteiger charge is 2.18. The van der Waals surface area contributed by atoms with Crippen molar-refractivity contribution in [3.05, 3.63) is 52.3 Å². The molecule has 0 spiro atoms. The van der Waals surface area contributed by atoms with Gasteiger partial charge < -0.3 is 5.32 Å². The summed E-state index contributed by atoms with van der Waals surface area (Å²) < 4.78 is 1.96. The smallest absolute Gasteiger partial charge is 0.0644 e. The van der Waals surface area contributed by atoms with Crippen LogP contribution in [0.3, 0.4) is 0 Å². The van der Waals surface area contributed by atoms with Gasteiger partial charge in [0, 0.05) is 30.4 Å². The zero-order valence-corrected chi connectivity index (χ0v) is 13.4. The highest BCUT2D eigenvalue weighted by molar-refractivity contribution is 5.29. The first kappa shape index (κ1) is 14.8. The van der Waals surface area contributed by atoms with Crippen LogP contribution < -0.4 is 5.32 Å². The van der Waals surface area contributed by atoms with E-state index in [0.29, 0.717) is 12.1 Å². The Labute approximate surface area is 122 Å². The quantitative estimate of drug-likeness (QED) is 0.917. The van der Waals surface area contributed by atoms with Gasteiger partial charge in [-0.2, -0.15) is 5.10 Å². The van der Waals surface area contributed by atoms with Crippen molar-refractivity contribution in [1.82, 2.24) is 15.1 Å². The minimum absolute atomic E-state index is 0.291. The zero-order valence-electron chi connectivity index (χ0n) is 13.4. The van der Waals surface area contributed by atoms with Crippen molar-refractivity contribution in [1.29, 1.82) is 0 Å². The minimum Gasteiger partial charge on any atom is -0.304 e. The van der Waals surface area contributed by atoms with E-state index in [1.54, 1.807) is 0 Å². The molecule has 2 aromatic rings. The van der Waals surface area contributed by atoms with E-state index in [2.05, 4.69) is 69.3 Å². The lowest BCUT2D eigenvalue weighted by Crippen LogP contribution is -2.23. The maximum absolute atomic E-state index is 4.50. The van der Waals surface area contributed by atoms with Crippen LogP contribution in [0.4, 0.5) is 0 Å². The number of hydrogen-bond donors (Lipinski definition) is 1. The van der Waals surface area contributed by atoms with Crippen LogP contribution in [0, 0.1) is 20.8 Å². The fourth-order valence-corrected chi connectivity index (χ4v) is 2.91. The predicted octanol–water partition coefficient (Wildman–Crippen LogP) is 3.76. The van der Waals surface area contributed by atoms with Crippen molar-refractivity contribution in [2.24, 2.45) is 7.05 Å². The van der Waals surface area contributed by atoms with E-state index in [1.165, 1.54) is 22.4 Å². The molecule has 1 N–H and O–H groups in total. The molecule has 0 radical (unpaired) electrons. The topological polar surface area (TPSA) is 29.9 Å². The lowest BCUT2D eigenvalue weighted by Gasteiger charge is -2.21. The van der Waals surface area contributed by atoms with Crippen LogP contribution in [0.25, 0.3) is 0 Å². The SMILES string of the molecule is Cc1cccc([C@H](C)NC(C)c2c(C)nn(C)c2C)c1. The summed E-state index contributed by atoms with van der Waals surface area (Å²) in [6, 6.07) is 9.29. The molecule has 0 amide bonds. The van der Waals surface area contributed by atoms with Crippen molar-refractivity contribution in [2.45, 2.75) is 46.7 Å². The van der Waals surface area contributed by atoms with Crippen LogP contribution in [0.1, 0.15) is 54.0 Å². The summed E-state index contributed by atoms with van der Waals surface area (Å²) in [5.74, 6) is 0. The number of nitrogens with one attached hydrogen (secondary N) is 1. The highest BCUT2D eigenvalue weighted by Crippen LogP contribution is 2.24. The van der Waals surface area contributed by atoms with Crippen LogP contribution in [0.15, 0.2) is 24.3 Å². The Morgan fingerprint density at radius 2 is 1.80 bits per heavy atom. The van der Waals surface area contributed by atoms with Crippen molar-refractivity contribution in [3.63, 3.8) is 0 Å². The molecule has 0 fully saturated rings. The molecular weight excluding hydrogens is 246 g/mol. The molecule has 0 bridgehead atoms. The van der Waals surface area contributed by atoms with Gasteiger partial charge in [-0.25, -0.2) is 0 Å². The lowest BCUT2D eigenvalue weighted by atomic mass is 10.0. The van der Waals surface area contributed by atoms with Crippen molar-refractivity contribution >= 4 is 0 Å². The van der Waals surface area contributed by atoms with Crippen molar-refractivity contribution in [3.8, 4) is 0 Å². The Bertz CT molecular complexity index is 598. The Hall–Kier alpha value is -1.61. The minimum atomic E-state index is 0.291. The number of aromatic nitrogens is 2. The Morgan fingerprint density at radius 3 is 2.35 bits per heavy atom. The predicted molar refractivity (Wildman–Crippen MR) is 83.8 cm³/mol. The molecule has 3 nitrogen and oxygen atoms in total. The van der Waals surface area contributed by atoms with Gasteiger partial charge in [-0.15, -0.1) is 0 Å². The molecule has 3 heteroatoms. The first-order chi connectivity index (χ1) is 9.40. The molecular formula is C17H25N3. The normalized spacial score (nSPS) is 14.3. The second-order valence-electron chi connectivity index (χ2n) is 5.73. The van der Waals surface area contributed by atoms with Gasteiger partial charge in [0.15, 0.2) is 0 Å². The third kappa shape index (κ3) is 2.93. The van der Waals surface area contributed by atoms with Gasteiger partial charge in [0.2, 0.25) is 0 Å². The highest BCUT2D eigenvalue weighted by atomic mass is 15.3.